The van der Waals surface area contributed by atoms with E-state index in [1.54, 1.807) is 36.4 Å². The highest BCUT2D eigenvalue weighted by Gasteiger charge is 2.46. The van der Waals surface area contributed by atoms with Gasteiger partial charge in [-0.25, -0.2) is 0 Å². The van der Waals surface area contributed by atoms with Crippen LogP contribution in [0.3, 0.4) is 0 Å². The molecule has 31 heavy (non-hydrogen) atoms. The van der Waals surface area contributed by atoms with Gasteiger partial charge in [0.05, 0.1) is 42.7 Å². The van der Waals surface area contributed by atoms with Gasteiger partial charge in [-0.15, -0.1) is 0 Å². The third-order valence-corrected chi connectivity index (χ3v) is 5.70. The number of nitro benzene ring substituents is 1. The molecule has 1 heterocycles. The molecule has 0 bridgehead atoms. The summed E-state index contributed by atoms with van der Waals surface area (Å²) in [5.41, 5.74) is -0.0347. The number of ketones is 1. The topological polar surface area (TPSA) is 108 Å². The van der Waals surface area contributed by atoms with Crippen LogP contribution < -0.4 is 10.0 Å². The van der Waals surface area contributed by atoms with Gasteiger partial charge >= 0.3 is 0 Å². The van der Waals surface area contributed by atoms with Crippen LogP contribution >= 0.6 is 0 Å². The maximum Gasteiger partial charge on any atom is 0.295 e. The van der Waals surface area contributed by atoms with Crippen molar-refractivity contribution in [3.63, 3.8) is 0 Å². The van der Waals surface area contributed by atoms with Gasteiger partial charge in [0.15, 0.2) is 0 Å². The van der Waals surface area contributed by atoms with Crippen molar-refractivity contribution in [2.45, 2.75) is 19.9 Å². The quantitative estimate of drug-likeness (QED) is 0.222. The van der Waals surface area contributed by atoms with Crippen LogP contribution in [0.15, 0.2) is 60.2 Å². The molecule has 1 aliphatic heterocycles. The summed E-state index contributed by atoms with van der Waals surface area (Å²) in [5.74, 6) is -2.28. The minimum atomic E-state index is -1.09. The van der Waals surface area contributed by atoms with Gasteiger partial charge in [0.25, 0.3) is 11.6 Å². The van der Waals surface area contributed by atoms with Crippen molar-refractivity contribution < 1.29 is 24.5 Å². The molecule has 1 atom stereocenters. The normalized spacial score (nSPS) is 18.0. The van der Waals surface area contributed by atoms with Crippen molar-refractivity contribution >= 4 is 23.1 Å². The highest BCUT2D eigenvalue weighted by Crippen LogP contribution is 2.41. The van der Waals surface area contributed by atoms with Crippen molar-refractivity contribution in [3.05, 3.63) is 81.4 Å². The number of nitrogens with one attached hydrogen (secondary N) is 1. The van der Waals surface area contributed by atoms with Crippen LogP contribution in [0.1, 0.15) is 31.0 Å². The first-order chi connectivity index (χ1) is 14.9. The summed E-state index contributed by atoms with van der Waals surface area (Å²) in [6, 6.07) is 13.0. The summed E-state index contributed by atoms with van der Waals surface area (Å²) in [5, 5.41) is 24.9. The number of nitrogens with zero attached hydrogens (tertiary/aromatic N) is 2. The Hall–Kier alpha value is -3.52. The van der Waals surface area contributed by atoms with Gasteiger partial charge in [-0.1, -0.05) is 48.2 Å². The van der Waals surface area contributed by atoms with Crippen LogP contribution in [0.2, 0.25) is 0 Å². The van der Waals surface area contributed by atoms with Gasteiger partial charge < -0.3 is 14.9 Å². The summed E-state index contributed by atoms with van der Waals surface area (Å²) < 4.78 is 0. The van der Waals surface area contributed by atoms with E-state index in [4.69, 9.17) is 0 Å². The Morgan fingerprint density at radius 2 is 1.65 bits per heavy atom. The number of quaternary nitrogens is 1. The number of hydrogen-bond acceptors (Lipinski definition) is 5. The Bertz CT molecular complexity index is 1010. The van der Waals surface area contributed by atoms with Crippen molar-refractivity contribution in [1.29, 1.82) is 0 Å². The van der Waals surface area contributed by atoms with Gasteiger partial charge in [0, 0.05) is 11.6 Å². The first-order valence-electron chi connectivity index (χ1n) is 10.3. The highest BCUT2D eigenvalue weighted by molar-refractivity contribution is 6.46. The number of carbonyl (C=O) groups excluding carboxylic acids is 2. The largest absolute Gasteiger partial charge is 0.872 e. The number of likely N-dealkylation sites (N-methyl/N-ethyl adjacent to an activating group) is 1. The monoisotopic (exact) mass is 423 g/mol. The first kappa shape index (κ1) is 22.2. The van der Waals surface area contributed by atoms with Crippen LogP contribution in [-0.2, 0) is 9.59 Å². The van der Waals surface area contributed by atoms with Crippen LogP contribution in [0.5, 0.6) is 0 Å². The lowest BCUT2D eigenvalue weighted by Gasteiger charge is -2.28. The number of carbonyl (C=O) groups is 2. The smallest absolute Gasteiger partial charge is 0.295 e. The molecular formula is C23H25N3O5. The number of nitro groups is 1. The molecule has 0 aliphatic carbocycles. The molecule has 1 fully saturated rings. The third-order valence-electron chi connectivity index (χ3n) is 5.70. The second-order valence-corrected chi connectivity index (χ2v) is 7.36. The summed E-state index contributed by atoms with van der Waals surface area (Å²) >= 11 is 0. The first-order valence-corrected chi connectivity index (χ1v) is 10.3. The molecule has 1 amide bonds. The lowest BCUT2D eigenvalue weighted by molar-refractivity contribution is -0.895. The van der Waals surface area contributed by atoms with Crippen LogP contribution in [0, 0.1) is 10.1 Å². The predicted molar refractivity (Wildman–Crippen MR) is 113 cm³/mol. The molecule has 1 N–H and O–H groups in total. The second-order valence-electron chi connectivity index (χ2n) is 7.36. The molecule has 1 aliphatic rings. The lowest BCUT2D eigenvalue weighted by atomic mass is 9.94. The minimum absolute atomic E-state index is 0.167. The molecule has 0 radical (unpaired) electrons. The van der Waals surface area contributed by atoms with E-state index in [0.717, 1.165) is 13.1 Å². The van der Waals surface area contributed by atoms with E-state index >= 15 is 0 Å². The molecule has 2 aromatic rings. The lowest BCUT2D eigenvalue weighted by Crippen LogP contribution is -3.12. The fraction of sp³-hybridized carbons (Fsp3) is 0.304. The van der Waals surface area contributed by atoms with Gasteiger partial charge in [-0.05, 0) is 25.5 Å². The molecule has 2 aromatic carbocycles. The molecule has 162 valence electrons. The summed E-state index contributed by atoms with van der Waals surface area (Å²) in [4.78, 5) is 39.5. The minimum Gasteiger partial charge on any atom is -0.872 e. The molecule has 1 unspecified atom stereocenters. The van der Waals surface area contributed by atoms with E-state index < -0.39 is 28.4 Å². The molecule has 3 rings (SSSR count). The average molecular weight is 423 g/mol. The maximum atomic E-state index is 13.3. The molecule has 0 saturated carbocycles. The van der Waals surface area contributed by atoms with Crippen molar-refractivity contribution in [1.82, 2.24) is 4.90 Å². The predicted octanol–water partition coefficient (Wildman–Crippen LogP) is 0.744. The van der Waals surface area contributed by atoms with E-state index in [0.29, 0.717) is 6.54 Å². The van der Waals surface area contributed by atoms with E-state index in [1.807, 2.05) is 13.8 Å². The molecule has 8 heteroatoms. The van der Waals surface area contributed by atoms with Crippen LogP contribution in [0.4, 0.5) is 5.69 Å². The van der Waals surface area contributed by atoms with Gasteiger partial charge in [-0.2, -0.15) is 0 Å². The van der Waals surface area contributed by atoms with Crippen LogP contribution in [-0.4, -0.2) is 47.7 Å². The maximum absolute atomic E-state index is 13.3. The molecule has 0 spiro atoms. The summed E-state index contributed by atoms with van der Waals surface area (Å²) in [7, 11) is 0. The molecule has 1 saturated heterocycles. The number of Topliss-reactive ketones (excluding diaryl/α,β-unsaturated/α-hetero) is 1. The van der Waals surface area contributed by atoms with Gasteiger partial charge in [0.1, 0.15) is 0 Å². The fourth-order valence-corrected chi connectivity index (χ4v) is 3.94. The average Bonchev–Trinajstić information content (AvgIpc) is 3.04. The number of likely N-dealkylation sites (tertiary alicyclic amines) is 1. The number of rotatable bonds is 8. The number of para-hydroxylation sites is 1. The van der Waals surface area contributed by atoms with Gasteiger partial charge in [0.2, 0.25) is 5.78 Å². The fourth-order valence-electron chi connectivity index (χ4n) is 3.94. The number of benzene rings is 2. The van der Waals surface area contributed by atoms with Crippen molar-refractivity contribution in [3.8, 4) is 0 Å². The zero-order valence-corrected chi connectivity index (χ0v) is 17.5. The van der Waals surface area contributed by atoms with E-state index in [2.05, 4.69) is 0 Å². The second kappa shape index (κ2) is 9.53. The SMILES string of the molecule is CC[NH+](CC)CCN1C(=O)C(=O)/C(=C(\[O-])c2ccccc2)C1c1ccccc1[N+](=O)[O-]. The Balaban J connectivity index is 2.17. The Labute approximate surface area is 180 Å². The van der Waals surface area contributed by atoms with E-state index in [-0.39, 0.29) is 28.9 Å². The third kappa shape index (κ3) is 4.34. The van der Waals surface area contributed by atoms with E-state index in [1.165, 1.54) is 28.0 Å². The Morgan fingerprint density at radius 3 is 2.26 bits per heavy atom. The van der Waals surface area contributed by atoms with Crippen molar-refractivity contribution in [2.24, 2.45) is 0 Å². The standard InChI is InChI=1S/C23H25N3O5/c1-3-24(4-2)14-15-25-20(17-12-8-9-13-18(17)26(30)31)19(22(28)23(25)29)21(27)16-10-6-5-7-11-16/h5-13,20,27H,3-4,14-15H2,1-2H3/b21-19-. The zero-order chi connectivity index (χ0) is 22.5. The Morgan fingerprint density at radius 1 is 1.03 bits per heavy atom. The van der Waals surface area contributed by atoms with Crippen molar-refractivity contribution in [2.75, 3.05) is 26.2 Å². The Kier molecular flexibility index (Phi) is 6.81. The summed E-state index contributed by atoms with van der Waals surface area (Å²) in [6.07, 6.45) is 0. The highest BCUT2D eigenvalue weighted by atomic mass is 16.6. The van der Waals surface area contributed by atoms with E-state index in [9.17, 15) is 24.8 Å². The van der Waals surface area contributed by atoms with Gasteiger partial charge in [-0.3, -0.25) is 19.7 Å². The number of amides is 1. The molecular weight excluding hydrogens is 398 g/mol. The number of hydrogen-bond donors (Lipinski definition) is 1. The zero-order valence-electron chi connectivity index (χ0n) is 17.5. The van der Waals surface area contributed by atoms with Crippen LogP contribution in [0.25, 0.3) is 5.76 Å². The molecule has 0 aromatic heterocycles. The summed E-state index contributed by atoms with van der Waals surface area (Å²) in [6.45, 7) is 6.49. The molecule has 8 nitrogen and oxygen atoms in total.